The van der Waals surface area contributed by atoms with Crippen LogP contribution in [0, 0.1) is 5.92 Å². The largest absolute Gasteiger partial charge is 0.493 e. The molecule has 1 unspecified atom stereocenters. The molecule has 1 aromatic rings. The second-order valence-electron chi connectivity index (χ2n) is 6.75. The predicted octanol–water partition coefficient (Wildman–Crippen LogP) is 3.48. The smallest absolute Gasteiger partial charge is 0.122 e. The van der Waals surface area contributed by atoms with Gasteiger partial charge in [-0.3, -0.25) is 0 Å². The van der Waals surface area contributed by atoms with Crippen LogP contribution < -0.4 is 10.5 Å². The van der Waals surface area contributed by atoms with Gasteiger partial charge in [0.1, 0.15) is 5.75 Å². The van der Waals surface area contributed by atoms with Crippen molar-refractivity contribution in [1.82, 2.24) is 0 Å². The standard InChI is InChI=1S/C18H27NO2/c1-14-6-9-18(13-19,10-7-14)21-12-15-8-11-20-17-5-3-2-4-16(15)17/h2-5,14-15H,6-13,19H2,1H3. The van der Waals surface area contributed by atoms with Crippen LogP contribution in [0.15, 0.2) is 24.3 Å². The van der Waals surface area contributed by atoms with Crippen molar-refractivity contribution in [2.45, 2.75) is 50.5 Å². The first-order valence-electron chi connectivity index (χ1n) is 8.28. The Morgan fingerprint density at radius 1 is 1.24 bits per heavy atom. The number of rotatable bonds is 4. The van der Waals surface area contributed by atoms with Crippen molar-refractivity contribution in [3.8, 4) is 5.75 Å². The third kappa shape index (κ3) is 3.24. The summed E-state index contributed by atoms with van der Waals surface area (Å²) in [5.74, 6) is 2.28. The molecule has 0 saturated heterocycles. The van der Waals surface area contributed by atoms with Crippen LogP contribution in [-0.2, 0) is 4.74 Å². The van der Waals surface area contributed by atoms with Gasteiger partial charge in [-0.05, 0) is 49.7 Å². The molecule has 2 aliphatic rings. The Balaban J connectivity index is 1.65. The molecule has 116 valence electrons. The normalized spacial score (nSPS) is 32.3. The zero-order chi connectivity index (χ0) is 14.7. The fraction of sp³-hybridized carbons (Fsp3) is 0.667. The van der Waals surface area contributed by atoms with E-state index in [4.69, 9.17) is 15.2 Å². The monoisotopic (exact) mass is 289 g/mol. The van der Waals surface area contributed by atoms with Crippen LogP contribution in [0.2, 0.25) is 0 Å². The van der Waals surface area contributed by atoms with Gasteiger partial charge in [0, 0.05) is 12.5 Å². The Hall–Kier alpha value is -1.06. The third-order valence-electron chi connectivity index (χ3n) is 5.23. The van der Waals surface area contributed by atoms with E-state index in [0.29, 0.717) is 12.5 Å². The number of benzene rings is 1. The molecule has 3 heteroatoms. The van der Waals surface area contributed by atoms with Gasteiger partial charge in [-0.2, -0.15) is 0 Å². The maximum Gasteiger partial charge on any atom is 0.122 e. The van der Waals surface area contributed by atoms with Crippen molar-refractivity contribution in [2.75, 3.05) is 19.8 Å². The van der Waals surface area contributed by atoms with Crippen LogP contribution in [0.3, 0.4) is 0 Å². The van der Waals surface area contributed by atoms with Crippen molar-refractivity contribution in [2.24, 2.45) is 11.7 Å². The van der Waals surface area contributed by atoms with E-state index in [0.717, 1.165) is 44.1 Å². The minimum absolute atomic E-state index is 0.0836. The van der Waals surface area contributed by atoms with E-state index in [1.807, 2.05) is 6.07 Å². The second-order valence-corrected chi connectivity index (χ2v) is 6.75. The highest BCUT2D eigenvalue weighted by Gasteiger charge is 2.35. The molecule has 1 aliphatic heterocycles. The number of para-hydroxylation sites is 1. The van der Waals surface area contributed by atoms with Crippen LogP contribution >= 0.6 is 0 Å². The molecular weight excluding hydrogens is 262 g/mol. The Bertz CT molecular complexity index is 466. The SMILES string of the molecule is CC1CCC(CN)(OCC2CCOc3ccccc32)CC1. The topological polar surface area (TPSA) is 44.5 Å². The zero-order valence-corrected chi connectivity index (χ0v) is 13.0. The van der Waals surface area contributed by atoms with Crippen LogP contribution in [0.4, 0.5) is 0 Å². The van der Waals surface area contributed by atoms with Crippen LogP contribution in [0.25, 0.3) is 0 Å². The Morgan fingerprint density at radius 3 is 2.76 bits per heavy atom. The lowest BCUT2D eigenvalue weighted by molar-refractivity contribution is -0.0775. The quantitative estimate of drug-likeness (QED) is 0.923. The van der Waals surface area contributed by atoms with Gasteiger partial charge >= 0.3 is 0 Å². The first kappa shape index (κ1) is 14.9. The lowest BCUT2D eigenvalue weighted by Crippen LogP contribution is -2.44. The molecule has 1 heterocycles. The molecule has 0 aromatic heterocycles. The molecule has 0 spiro atoms. The molecule has 1 aliphatic carbocycles. The Morgan fingerprint density at radius 2 is 2.00 bits per heavy atom. The average molecular weight is 289 g/mol. The molecule has 1 fully saturated rings. The van der Waals surface area contributed by atoms with E-state index in [2.05, 4.69) is 25.1 Å². The minimum atomic E-state index is -0.0836. The summed E-state index contributed by atoms with van der Waals surface area (Å²) in [6.45, 7) is 4.53. The average Bonchev–Trinajstić information content (AvgIpc) is 2.55. The molecule has 0 amide bonds. The molecule has 0 radical (unpaired) electrons. The Labute approximate surface area is 127 Å². The molecule has 0 bridgehead atoms. The zero-order valence-electron chi connectivity index (χ0n) is 13.0. The first-order chi connectivity index (χ1) is 10.2. The summed E-state index contributed by atoms with van der Waals surface area (Å²) >= 11 is 0. The van der Waals surface area contributed by atoms with Crippen LogP contribution in [0.1, 0.15) is 50.5 Å². The predicted molar refractivity (Wildman–Crippen MR) is 84.7 cm³/mol. The summed E-state index contributed by atoms with van der Waals surface area (Å²) in [6.07, 6.45) is 5.72. The van der Waals surface area contributed by atoms with Gasteiger partial charge in [0.15, 0.2) is 0 Å². The molecular formula is C18H27NO2. The first-order valence-corrected chi connectivity index (χ1v) is 8.28. The van der Waals surface area contributed by atoms with E-state index in [-0.39, 0.29) is 5.60 Å². The number of hydrogen-bond acceptors (Lipinski definition) is 3. The number of fused-ring (bicyclic) bond motifs is 1. The van der Waals surface area contributed by atoms with Crippen LogP contribution in [0.5, 0.6) is 5.75 Å². The molecule has 3 nitrogen and oxygen atoms in total. The van der Waals surface area contributed by atoms with Gasteiger partial charge in [0.25, 0.3) is 0 Å². The summed E-state index contributed by atoms with van der Waals surface area (Å²) in [5.41, 5.74) is 7.25. The van der Waals surface area contributed by atoms with Gasteiger partial charge in [-0.15, -0.1) is 0 Å². The van der Waals surface area contributed by atoms with E-state index in [9.17, 15) is 0 Å². The highest BCUT2D eigenvalue weighted by Crippen LogP contribution is 2.38. The van der Waals surface area contributed by atoms with E-state index >= 15 is 0 Å². The van der Waals surface area contributed by atoms with Crippen molar-refractivity contribution >= 4 is 0 Å². The molecule has 1 saturated carbocycles. The molecule has 3 rings (SSSR count). The van der Waals surface area contributed by atoms with E-state index in [1.165, 1.54) is 18.4 Å². The van der Waals surface area contributed by atoms with Gasteiger partial charge in [-0.1, -0.05) is 25.1 Å². The molecule has 21 heavy (non-hydrogen) atoms. The molecule has 2 N–H and O–H groups in total. The number of nitrogens with two attached hydrogens (primary N) is 1. The van der Waals surface area contributed by atoms with E-state index in [1.54, 1.807) is 0 Å². The third-order valence-corrected chi connectivity index (χ3v) is 5.23. The summed E-state index contributed by atoms with van der Waals surface area (Å²) in [7, 11) is 0. The lowest BCUT2D eigenvalue weighted by atomic mass is 9.79. The van der Waals surface area contributed by atoms with Gasteiger partial charge in [0.2, 0.25) is 0 Å². The summed E-state index contributed by atoms with van der Waals surface area (Å²) in [6, 6.07) is 8.34. The van der Waals surface area contributed by atoms with Crippen molar-refractivity contribution < 1.29 is 9.47 Å². The van der Waals surface area contributed by atoms with Gasteiger partial charge in [-0.25, -0.2) is 0 Å². The fourth-order valence-corrected chi connectivity index (χ4v) is 3.56. The highest BCUT2D eigenvalue weighted by molar-refractivity contribution is 5.37. The van der Waals surface area contributed by atoms with Crippen molar-refractivity contribution in [1.29, 1.82) is 0 Å². The maximum absolute atomic E-state index is 6.38. The summed E-state index contributed by atoms with van der Waals surface area (Å²) < 4.78 is 12.1. The Kier molecular flexibility index (Phi) is 4.51. The van der Waals surface area contributed by atoms with Crippen molar-refractivity contribution in [3.63, 3.8) is 0 Å². The summed E-state index contributed by atoms with van der Waals surface area (Å²) in [4.78, 5) is 0. The molecule has 1 atom stereocenters. The van der Waals surface area contributed by atoms with Crippen LogP contribution in [-0.4, -0.2) is 25.4 Å². The minimum Gasteiger partial charge on any atom is -0.493 e. The van der Waals surface area contributed by atoms with Crippen molar-refractivity contribution in [3.05, 3.63) is 29.8 Å². The highest BCUT2D eigenvalue weighted by atomic mass is 16.5. The fourth-order valence-electron chi connectivity index (χ4n) is 3.56. The number of hydrogen-bond donors (Lipinski definition) is 1. The van der Waals surface area contributed by atoms with Gasteiger partial charge in [0.05, 0.1) is 18.8 Å². The van der Waals surface area contributed by atoms with Gasteiger partial charge < -0.3 is 15.2 Å². The second kappa shape index (κ2) is 6.37. The van der Waals surface area contributed by atoms with E-state index < -0.39 is 0 Å². The lowest BCUT2D eigenvalue weighted by Gasteiger charge is -2.40. The molecule has 1 aromatic carbocycles. The maximum atomic E-state index is 6.38. The summed E-state index contributed by atoms with van der Waals surface area (Å²) in [5, 5.41) is 0. The number of ether oxygens (including phenoxy) is 2.